The Morgan fingerprint density at radius 3 is 3.00 bits per heavy atom. The summed E-state index contributed by atoms with van der Waals surface area (Å²) in [6.07, 6.45) is 1.96. The molecule has 0 saturated carbocycles. The topological polar surface area (TPSA) is 41.9 Å². The monoisotopic (exact) mass is 348 g/mol. The van der Waals surface area contributed by atoms with Crippen molar-refractivity contribution in [3.63, 3.8) is 0 Å². The van der Waals surface area contributed by atoms with Gasteiger partial charge in [0.15, 0.2) is 0 Å². The lowest BCUT2D eigenvalue weighted by molar-refractivity contribution is 0.162. The van der Waals surface area contributed by atoms with Gasteiger partial charge in [0.25, 0.3) is 0 Å². The number of halogens is 1. The Hall–Kier alpha value is -1.43. The van der Waals surface area contributed by atoms with Gasteiger partial charge in [0.2, 0.25) is 0 Å². The van der Waals surface area contributed by atoms with Crippen LogP contribution in [0.5, 0.6) is 5.75 Å². The van der Waals surface area contributed by atoms with E-state index in [1.54, 1.807) is 7.11 Å². The Morgan fingerprint density at radius 2 is 2.26 bits per heavy atom. The Morgan fingerprint density at radius 1 is 1.39 bits per heavy atom. The minimum Gasteiger partial charge on any atom is -0.494 e. The molecule has 23 heavy (non-hydrogen) atoms. The van der Waals surface area contributed by atoms with Crippen molar-refractivity contribution in [2.75, 3.05) is 13.7 Å². The van der Waals surface area contributed by atoms with E-state index in [4.69, 9.17) is 16.3 Å². The van der Waals surface area contributed by atoms with Gasteiger partial charge in [-0.05, 0) is 46.5 Å². The minimum absolute atomic E-state index is 0.319. The van der Waals surface area contributed by atoms with Crippen LogP contribution < -0.4 is 4.74 Å². The molecule has 2 aromatic rings. The first kappa shape index (κ1) is 15.1. The highest BCUT2D eigenvalue weighted by atomic mass is 35.5. The second-order valence-electron chi connectivity index (χ2n) is 6.05. The van der Waals surface area contributed by atoms with Crippen molar-refractivity contribution in [1.29, 1.82) is 0 Å². The number of methoxy groups -OCH3 is 1. The number of thiophene rings is 1. The molecule has 0 amide bonds. The second kappa shape index (κ2) is 5.89. The van der Waals surface area contributed by atoms with E-state index in [0.29, 0.717) is 23.4 Å². The standard InChI is InChI=1S/C17H17ClN2O2S/c1-22-16-5-10-2-3-20-9-11-4-12(8-18)23-17(11)7-15(20)13(10)6-14(16)19-21/h4-6,15H,2-3,7-9H2,1H3/t15-/m0/s1. The van der Waals surface area contributed by atoms with Gasteiger partial charge in [-0.25, -0.2) is 0 Å². The molecule has 0 spiro atoms. The lowest BCUT2D eigenvalue weighted by Gasteiger charge is -2.40. The van der Waals surface area contributed by atoms with Crippen molar-refractivity contribution < 1.29 is 4.74 Å². The zero-order chi connectivity index (χ0) is 16.0. The molecule has 0 radical (unpaired) electrons. The highest BCUT2D eigenvalue weighted by Gasteiger charge is 2.34. The smallest absolute Gasteiger partial charge is 0.150 e. The maximum absolute atomic E-state index is 11.1. The number of nitroso groups, excluding NO2 is 1. The van der Waals surface area contributed by atoms with E-state index in [0.717, 1.165) is 25.9 Å². The number of hydrogen-bond donors (Lipinski definition) is 0. The van der Waals surface area contributed by atoms with Crippen LogP contribution in [0.3, 0.4) is 0 Å². The molecule has 0 N–H and O–H groups in total. The van der Waals surface area contributed by atoms with Crippen molar-refractivity contribution in [1.82, 2.24) is 4.90 Å². The van der Waals surface area contributed by atoms with Gasteiger partial charge in [-0.3, -0.25) is 4.90 Å². The fourth-order valence-electron chi connectivity index (χ4n) is 3.73. The summed E-state index contributed by atoms with van der Waals surface area (Å²) in [4.78, 5) is 16.3. The quantitative estimate of drug-likeness (QED) is 0.603. The van der Waals surface area contributed by atoms with Gasteiger partial charge in [0, 0.05) is 35.3 Å². The predicted octanol–water partition coefficient (Wildman–Crippen LogP) is 4.55. The Balaban J connectivity index is 1.75. The Kier molecular flexibility index (Phi) is 3.87. The average Bonchev–Trinajstić information content (AvgIpc) is 3.00. The minimum atomic E-state index is 0.319. The molecule has 0 unspecified atom stereocenters. The molecule has 1 aromatic carbocycles. The maximum Gasteiger partial charge on any atom is 0.150 e. The van der Waals surface area contributed by atoms with Crippen LogP contribution in [0.25, 0.3) is 0 Å². The molecule has 120 valence electrons. The van der Waals surface area contributed by atoms with E-state index in [9.17, 15) is 4.91 Å². The largest absolute Gasteiger partial charge is 0.494 e. The summed E-state index contributed by atoms with van der Waals surface area (Å²) < 4.78 is 5.29. The highest BCUT2D eigenvalue weighted by molar-refractivity contribution is 7.12. The van der Waals surface area contributed by atoms with E-state index >= 15 is 0 Å². The van der Waals surface area contributed by atoms with E-state index in [2.05, 4.69) is 16.1 Å². The fourth-order valence-corrected chi connectivity index (χ4v) is 5.04. The molecule has 2 aliphatic heterocycles. The van der Waals surface area contributed by atoms with E-state index in [1.165, 1.54) is 26.4 Å². The van der Waals surface area contributed by atoms with Crippen LogP contribution in [0.2, 0.25) is 0 Å². The number of ether oxygens (including phenoxy) is 1. The molecule has 3 heterocycles. The SMILES string of the molecule is COc1cc2c(cc1N=O)[C@@H]1Cc3sc(CCl)cc3CN1CC2. The third-order valence-electron chi connectivity index (χ3n) is 4.84. The van der Waals surface area contributed by atoms with Crippen LogP contribution in [-0.4, -0.2) is 18.6 Å². The van der Waals surface area contributed by atoms with Crippen LogP contribution in [0.1, 0.15) is 32.5 Å². The molecule has 1 atom stereocenters. The number of benzene rings is 1. The van der Waals surface area contributed by atoms with Gasteiger partial charge in [-0.2, -0.15) is 0 Å². The third-order valence-corrected chi connectivity index (χ3v) is 6.48. The van der Waals surface area contributed by atoms with Crippen molar-refractivity contribution >= 4 is 28.6 Å². The lowest BCUT2D eigenvalue weighted by Crippen LogP contribution is -2.38. The molecule has 0 fully saturated rings. The first-order valence-electron chi connectivity index (χ1n) is 7.68. The summed E-state index contributed by atoms with van der Waals surface area (Å²) in [5, 5.41) is 3.14. The number of alkyl halides is 1. The molecule has 4 nitrogen and oxygen atoms in total. The summed E-state index contributed by atoms with van der Waals surface area (Å²) >= 11 is 7.80. The summed E-state index contributed by atoms with van der Waals surface area (Å²) in [5.74, 6) is 1.15. The van der Waals surface area contributed by atoms with E-state index in [1.807, 2.05) is 23.5 Å². The van der Waals surface area contributed by atoms with Crippen LogP contribution in [-0.2, 0) is 25.3 Å². The summed E-state index contributed by atoms with van der Waals surface area (Å²) in [7, 11) is 1.58. The molecule has 0 bridgehead atoms. The molecule has 0 aliphatic carbocycles. The summed E-state index contributed by atoms with van der Waals surface area (Å²) in [5.41, 5.74) is 4.30. The molecule has 1 aromatic heterocycles. The number of rotatable bonds is 3. The van der Waals surface area contributed by atoms with Crippen molar-refractivity contribution in [3.8, 4) is 5.75 Å². The van der Waals surface area contributed by atoms with Gasteiger partial charge in [-0.1, -0.05) is 0 Å². The Labute approximate surface area is 144 Å². The van der Waals surface area contributed by atoms with Gasteiger partial charge in [0.1, 0.15) is 11.4 Å². The van der Waals surface area contributed by atoms with Crippen LogP contribution in [0.4, 0.5) is 5.69 Å². The van der Waals surface area contributed by atoms with Crippen LogP contribution >= 0.6 is 22.9 Å². The molecular formula is C17H17ClN2O2S. The zero-order valence-corrected chi connectivity index (χ0v) is 14.4. The number of hydrogen-bond acceptors (Lipinski definition) is 5. The van der Waals surface area contributed by atoms with Crippen LogP contribution in [0.15, 0.2) is 23.4 Å². The Bertz CT molecular complexity index is 774. The van der Waals surface area contributed by atoms with Crippen molar-refractivity contribution in [2.24, 2.45) is 5.18 Å². The summed E-state index contributed by atoms with van der Waals surface area (Å²) in [6, 6.07) is 6.46. The molecule has 0 saturated heterocycles. The van der Waals surface area contributed by atoms with Crippen LogP contribution in [0, 0.1) is 4.91 Å². The number of fused-ring (bicyclic) bond motifs is 4. The second-order valence-corrected chi connectivity index (χ2v) is 7.54. The van der Waals surface area contributed by atoms with Gasteiger partial charge < -0.3 is 4.74 Å². The van der Waals surface area contributed by atoms with Gasteiger partial charge >= 0.3 is 0 Å². The van der Waals surface area contributed by atoms with Crippen molar-refractivity contribution in [3.05, 3.63) is 49.6 Å². The molecule has 4 rings (SSSR count). The number of nitrogens with zero attached hydrogens (tertiary/aromatic N) is 2. The maximum atomic E-state index is 11.1. The first-order chi connectivity index (χ1) is 11.2. The highest BCUT2D eigenvalue weighted by Crippen LogP contribution is 2.44. The van der Waals surface area contributed by atoms with Gasteiger partial charge in [0.05, 0.1) is 13.0 Å². The van der Waals surface area contributed by atoms with E-state index < -0.39 is 0 Å². The lowest BCUT2D eigenvalue weighted by atomic mass is 9.86. The molecule has 6 heteroatoms. The molecule has 2 aliphatic rings. The average molecular weight is 349 g/mol. The zero-order valence-electron chi connectivity index (χ0n) is 12.8. The first-order valence-corrected chi connectivity index (χ1v) is 9.03. The van der Waals surface area contributed by atoms with Gasteiger partial charge in [-0.15, -0.1) is 27.8 Å². The fraction of sp³-hybridized carbons (Fsp3) is 0.412. The summed E-state index contributed by atoms with van der Waals surface area (Å²) in [6.45, 7) is 1.99. The van der Waals surface area contributed by atoms with Crippen molar-refractivity contribution in [2.45, 2.75) is 31.3 Å². The third kappa shape index (κ3) is 2.47. The normalized spacial score (nSPS) is 19.7. The molecular weight excluding hydrogens is 332 g/mol. The predicted molar refractivity (Wildman–Crippen MR) is 92.9 cm³/mol. The van der Waals surface area contributed by atoms with E-state index in [-0.39, 0.29) is 0 Å².